The molecule has 2 aromatic heterocycles. The summed E-state index contributed by atoms with van der Waals surface area (Å²) in [7, 11) is -4.13. The second-order valence-corrected chi connectivity index (χ2v) is 7.73. The first-order valence-corrected chi connectivity index (χ1v) is 9.18. The van der Waals surface area contributed by atoms with Crippen LogP contribution in [0.5, 0.6) is 0 Å². The summed E-state index contributed by atoms with van der Waals surface area (Å²) >= 11 is 18.2. The van der Waals surface area contributed by atoms with Crippen molar-refractivity contribution in [3.05, 3.63) is 44.7 Å². The normalized spacial score (nSPS) is 11.9. The van der Waals surface area contributed by atoms with Gasteiger partial charge < -0.3 is 0 Å². The molecule has 0 atom stereocenters. The first-order valence-electron chi connectivity index (χ1n) is 6.56. The number of sulfonamides is 1. The van der Waals surface area contributed by atoms with E-state index in [1.54, 1.807) is 32.0 Å². The minimum absolute atomic E-state index is 0.0624. The molecule has 0 fully saturated rings. The Hall–Kier alpha value is -1.61. The van der Waals surface area contributed by atoms with Crippen molar-refractivity contribution in [1.29, 1.82) is 0 Å². The zero-order valence-electron chi connectivity index (χ0n) is 12.4. The monoisotopic (exact) mass is 405 g/mol. The fourth-order valence-electron chi connectivity index (χ4n) is 1.97. The molecule has 0 aliphatic rings. The molecule has 2 heterocycles. The second kappa shape index (κ2) is 6.03. The van der Waals surface area contributed by atoms with Gasteiger partial charge in [-0.25, -0.2) is 4.98 Å². The average Bonchev–Trinajstić information content (AvgIpc) is 2.93. The number of benzene rings is 1. The van der Waals surface area contributed by atoms with Crippen LogP contribution in [0.4, 0.5) is 5.69 Å². The number of anilines is 1. The maximum Gasteiger partial charge on any atom is 0.299 e. The van der Waals surface area contributed by atoms with E-state index in [-0.39, 0.29) is 26.7 Å². The van der Waals surface area contributed by atoms with Crippen molar-refractivity contribution in [2.75, 3.05) is 4.72 Å². The summed E-state index contributed by atoms with van der Waals surface area (Å²) in [6.45, 7) is 3.44. The van der Waals surface area contributed by atoms with Gasteiger partial charge in [0, 0.05) is 5.69 Å². The Morgan fingerprint density at radius 1 is 1.12 bits per heavy atom. The zero-order valence-corrected chi connectivity index (χ0v) is 15.5. The average molecular weight is 407 g/mol. The predicted octanol–water partition coefficient (Wildman–Crippen LogP) is 3.50. The third-order valence-electron chi connectivity index (χ3n) is 3.14. The molecule has 3 aromatic rings. The Bertz CT molecular complexity index is 1070. The second-order valence-electron chi connectivity index (χ2n) is 4.99. The van der Waals surface area contributed by atoms with E-state index in [0.29, 0.717) is 11.3 Å². The Kier molecular flexibility index (Phi) is 4.33. The maximum absolute atomic E-state index is 12.5. The third kappa shape index (κ3) is 3.02. The van der Waals surface area contributed by atoms with Gasteiger partial charge in [0.05, 0.1) is 15.7 Å². The van der Waals surface area contributed by atoms with Crippen molar-refractivity contribution in [2.24, 2.45) is 0 Å². The van der Waals surface area contributed by atoms with Crippen molar-refractivity contribution >= 4 is 56.3 Å². The topological polar surface area (TPSA) is 89.3 Å². The van der Waals surface area contributed by atoms with Crippen molar-refractivity contribution in [2.45, 2.75) is 19.0 Å². The summed E-state index contributed by atoms with van der Waals surface area (Å²) < 4.78 is 28.5. The number of aryl methyl sites for hydroxylation is 2. The molecule has 24 heavy (non-hydrogen) atoms. The van der Waals surface area contributed by atoms with Crippen molar-refractivity contribution < 1.29 is 8.42 Å². The van der Waals surface area contributed by atoms with Crippen molar-refractivity contribution in [3.8, 4) is 0 Å². The number of hydrogen-bond donors (Lipinski definition) is 1. The molecule has 0 saturated carbocycles. The molecule has 0 saturated heterocycles. The van der Waals surface area contributed by atoms with Crippen LogP contribution in [0.15, 0.2) is 23.4 Å². The van der Waals surface area contributed by atoms with Gasteiger partial charge in [-0.05, 0) is 31.5 Å². The van der Waals surface area contributed by atoms with E-state index in [9.17, 15) is 8.42 Å². The highest BCUT2D eigenvalue weighted by molar-refractivity contribution is 7.92. The van der Waals surface area contributed by atoms with E-state index in [1.165, 1.54) is 0 Å². The van der Waals surface area contributed by atoms with Gasteiger partial charge >= 0.3 is 0 Å². The van der Waals surface area contributed by atoms with Crippen LogP contribution in [0.3, 0.4) is 0 Å². The number of nitrogens with one attached hydrogen (secondary N) is 1. The molecule has 0 aliphatic heterocycles. The molecule has 11 heteroatoms. The number of rotatable bonds is 3. The zero-order chi connectivity index (χ0) is 17.6. The van der Waals surface area contributed by atoms with Crippen LogP contribution in [0, 0.1) is 13.8 Å². The van der Waals surface area contributed by atoms with Crippen LogP contribution in [0.1, 0.15) is 11.3 Å². The smallest absolute Gasteiger partial charge is 0.274 e. The van der Waals surface area contributed by atoms with Gasteiger partial charge in [0.2, 0.25) is 0 Å². The standard InChI is InChI=1S/C13H10Cl3N5O2S/c1-6-3-4-8(14)11(10(6)16)20-24(22,23)13-18-12-17-7(2)5-9(15)21(12)19-13/h3-5,20H,1-2H3. The molecule has 0 aliphatic carbocycles. The van der Waals surface area contributed by atoms with E-state index in [2.05, 4.69) is 19.8 Å². The summed E-state index contributed by atoms with van der Waals surface area (Å²) in [5.41, 5.74) is 1.32. The largest absolute Gasteiger partial charge is 0.299 e. The molecule has 0 spiro atoms. The number of aromatic nitrogens is 4. The molecule has 7 nitrogen and oxygen atoms in total. The number of halogens is 3. The maximum atomic E-state index is 12.5. The third-order valence-corrected chi connectivity index (χ3v) is 5.34. The highest BCUT2D eigenvalue weighted by Crippen LogP contribution is 2.34. The van der Waals surface area contributed by atoms with E-state index in [4.69, 9.17) is 34.8 Å². The van der Waals surface area contributed by atoms with Gasteiger partial charge in [-0.3, -0.25) is 4.72 Å². The van der Waals surface area contributed by atoms with Gasteiger partial charge in [0.25, 0.3) is 21.0 Å². The quantitative estimate of drug-likeness (QED) is 0.672. The highest BCUT2D eigenvalue weighted by Gasteiger charge is 2.24. The van der Waals surface area contributed by atoms with Gasteiger partial charge in [0.1, 0.15) is 5.15 Å². The number of nitrogens with zero attached hydrogens (tertiary/aromatic N) is 4. The van der Waals surface area contributed by atoms with Crippen molar-refractivity contribution in [1.82, 2.24) is 19.6 Å². The van der Waals surface area contributed by atoms with E-state index >= 15 is 0 Å². The molecular formula is C13H10Cl3N5O2S. The van der Waals surface area contributed by atoms with Gasteiger partial charge in [-0.15, -0.1) is 5.10 Å². The lowest BCUT2D eigenvalue weighted by Gasteiger charge is -2.10. The lowest BCUT2D eigenvalue weighted by atomic mass is 10.2. The molecule has 0 unspecified atom stereocenters. The molecule has 0 bridgehead atoms. The van der Waals surface area contributed by atoms with Crippen LogP contribution >= 0.6 is 34.8 Å². The summed E-state index contributed by atoms with van der Waals surface area (Å²) in [5, 5.41) is 3.93. The Morgan fingerprint density at radius 2 is 1.83 bits per heavy atom. The molecule has 3 rings (SSSR count). The van der Waals surface area contributed by atoms with E-state index in [0.717, 1.165) is 4.52 Å². The SMILES string of the molecule is Cc1cc(Cl)n2nc(S(=O)(=O)Nc3c(Cl)ccc(C)c3Cl)nc2n1. The van der Waals surface area contributed by atoms with Crippen molar-refractivity contribution in [3.63, 3.8) is 0 Å². The minimum atomic E-state index is -4.13. The molecule has 1 aromatic carbocycles. The number of hydrogen-bond acceptors (Lipinski definition) is 5. The summed E-state index contributed by atoms with van der Waals surface area (Å²) in [6, 6.07) is 4.76. The lowest BCUT2D eigenvalue weighted by Crippen LogP contribution is -2.15. The minimum Gasteiger partial charge on any atom is -0.274 e. The van der Waals surface area contributed by atoms with Crippen LogP contribution in [-0.4, -0.2) is 28.0 Å². The van der Waals surface area contributed by atoms with Gasteiger partial charge in [-0.1, -0.05) is 40.9 Å². The Balaban J connectivity index is 2.09. The molecule has 126 valence electrons. The van der Waals surface area contributed by atoms with E-state index < -0.39 is 15.2 Å². The fraction of sp³-hybridized carbons (Fsp3) is 0.154. The van der Waals surface area contributed by atoms with Crippen LogP contribution in [0.2, 0.25) is 15.2 Å². The fourth-order valence-corrected chi connectivity index (χ4v) is 3.78. The summed E-state index contributed by atoms with van der Waals surface area (Å²) in [6.07, 6.45) is 0. The Morgan fingerprint density at radius 3 is 2.54 bits per heavy atom. The van der Waals surface area contributed by atoms with Crippen LogP contribution in [0.25, 0.3) is 5.78 Å². The van der Waals surface area contributed by atoms with Crippen LogP contribution in [-0.2, 0) is 10.0 Å². The predicted molar refractivity (Wildman–Crippen MR) is 92.5 cm³/mol. The Labute approximate surface area is 152 Å². The lowest BCUT2D eigenvalue weighted by molar-refractivity contribution is 0.592. The molecule has 1 N–H and O–H groups in total. The van der Waals surface area contributed by atoms with Crippen LogP contribution < -0.4 is 4.72 Å². The first-order chi connectivity index (χ1) is 11.2. The summed E-state index contributed by atoms with van der Waals surface area (Å²) in [5.74, 6) is 0.0711. The van der Waals surface area contributed by atoms with Gasteiger partial charge in [-0.2, -0.15) is 17.9 Å². The van der Waals surface area contributed by atoms with Gasteiger partial charge in [0.15, 0.2) is 0 Å². The highest BCUT2D eigenvalue weighted by atomic mass is 35.5. The molecule has 0 radical (unpaired) electrons. The first kappa shape index (κ1) is 17.2. The molecular weight excluding hydrogens is 397 g/mol. The van der Waals surface area contributed by atoms with E-state index in [1.807, 2.05) is 0 Å². The number of fused-ring (bicyclic) bond motifs is 1. The molecule has 0 amide bonds. The summed E-state index contributed by atoms with van der Waals surface area (Å²) in [4.78, 5) is 7.99.